The summed E-state index contributed by atoms with van der Waals surface area (Å²) in [7, 11) is 0. The average Bonchev–Trinajstić information content (AvgIpc) is 2.36. The molecule has 1 N–H and O–H groups in total. The van der Waals surface area contributed by atoms with Crippen LogP contribution in [0.5, 0.6) is 5.75 Å². The van der Waals surface area contributed by atoms with Gasteiger partial charge in [0, 0.05) is 11.6 Å². The Labute approximate surface area is 115 Å². The molecule has 3 nitrogen and oxygen atoms in total. The van der Waals surface area contributed by atoms with Crippen LogP contribution >= 0.6 is 0 Å². The van der Waals surface area contributed by atoms with Crippen molar-refractivity contribution in [3.63, 3.8) is 0 Å². The van der Waals surface area contributed by atoms with Gasteiger partial charge in [0.2, 0.25) is 0 Å². The van der Waals surface area contributed by atoms with Crippen molar-refractivity contribution in [1.29, 1.82) is 0 Å². The molecule has 1 atom stereocenters. The van der Waals surface area contributed by atoms with Gasteiger partial charge in [0.15, 0.2) is 0 Å². The van der Waals surface area contributed by atoms with E-state index in [-0.39, 0.29) is 18.0 Å². The highest BCUT2D eigenvalue weighted by Gasteiger charge is 2.12. The van der Waals surface area contributed by atoms with E-state index in [1.54, 1.807) is 6.07 Å². The van der Waals surface area contributed by atoms with Crippen molar-refractivity contribution in [2.75, 3.05) is 19.8 Å². The van der Waals surface area contributed by atoms with Gasteiger partial charge < -0.3 is 14.8 Å². The van der Waals surface area contributed by atoms with Crippen molar-refractivity contribution in [2.24, 2.45) is 0 Å². The van der Waals surface area contributed by atoms with Gasteiger partial charge in [-0.25, -0.2) is 4.39 Å². The normalized spacial score (nSPS) is 12.7. The largest absolute Gasteiger partial charge is 0.491 e. The van der Waals surface area contributed by atoms with Crippen LogP contribution < -0.4 is 10.1 Å². The molecule has 4 heteroatoms. The van der Waals surface area contributed by atoms with E-state index >= 15 is 0 Å². The first-order chi connectivity index (χ1) is 9.04. The average molecular weight is 269 g/mol. The number of benzene rings is 1. The van der Waals surface area contributed by atoms with Crippen molar-refractivity contribution in [3.05, 3.63) is 29.6 Å². The van der Waals surface area contributed by atoms with Crippen LogP contribution in [0.2, 0.25) is 0 Å². The molecule has 19 heavy (non-hydrogen) atoms. The van der Waals surface area contributed by atoms with Crippen LogP contribution in [-0.2, 0) is 4.74 Å². The van der Waals surface area contributed by atoms with E-state index in [0.717, 1.165) is 12.1 Å². The third-order valence-electron chi connectivity index (χ3n) is 2.74. The second kappa shape index (κ2) is 8.12. The zero-order valence-electron chi connectivity index (χ0n) is 12.2. The summed E-state index contributed by atoms with van der Waals surface area (Å²) in [5, 5.41) is 3.26. The van der Waals surface area contributed by atoms with Crippen molar-refractivity contribution < 1.29 is 13.9 Å². The van der Waals surface area contributed by atoms with Crippen molar-refractivity contribution in [2.45, 2.75) is 39.8 Å². The van der Waals surface area contributed by atoms with Crippen LogP contribution in [0.25, 0.3) is 0 Å². The summed E-state index contributed by atoms with van der Waals surface area (Å²) >= 11 is 0. The van der Waals surface area contributed by atoms with Crippen LogP contribution in [0, 0.1) is 5.82 Å². The van der Waals surface area contributed by atoms with Gasteiger partial charge in [-0.15, -0.1) is 0 Å². The van der Waals surface area contributed by atoms with Gasteiger partial charge in [-0.2, -0.15) is 0 Å². The van der Waals surface area contributed by atoms with Gasteiger partial charge in [0.25, 0.3) is 0 Å². The first kappa shape index (κ1) is 15.9. The first-order valence-corrected chi connectivity index (χ1v) is 6.81. The second-order valence-electron chi connectivity index (χ2n) is 4.73. The molecule has 0 aliphatic heterocycles. The van der Waals surface area contributed by atoms with Crippen LogP contribution in [-0.4, -0.2) is 25.9 Å². The lowest BCUT2D eigenvalue weighted by Crippen LogP contribution is -2.19. The summed E-state index contributed by atoms with van der Waals surface area (Å²) in [5.41, 5.74) is 0.839. The third-order valence-corrected chi connectivity index (χ3v) is 2.74. The van der Waals surface area contributed by atoms with Gasteiger partial charge in [-0.1, -0.05) is 6.92 Å². The van der Waals surface area contributed by atoms with E-state index < -0.39 is 0 Å². The van der Waals surface area contributed by atoms with Gasteiger partial charge in [-0.3, -0.25) is 0 Å². The van der Waals surface area contributed by atoms with Crippen molar-refractivity contribution >= 4 is 0 Å². The van der Waals surface area contributed by atoms with Crippen LogP contribution in [0.15, 0.2) is 18.2 Å². The van der Waals surface area contributed by atoms with Crippen LogP contribution in [0.3, 0.4) is 0 Å². The third kappa shape index (κ3) is 5.57. The molecular weight excluding hydrogens is 245 g/mol. The fourth-order valence-corrected chi connectivity index (χ4v) is 1.84. The number of rotatable bonds is 8. The van der Waals surface area contributed by atoms with E-state index in [2.05, 4.69) is 5.32 Å². The van der Waals surface area contributed by atoms with E-state index in [4.69, 9.17) is 9.47 Å². The minimum absolute atomic E-state index is 0.0571. The number of ether oxygens (including phenoxy) is 2. The van der Waals surface area contributed by atoms with Crippen LogP contribution in [0.4, 0.5) is 4.39 Å². The molecule has 1 aromatic carbocycles. The minimum atomic E-state index is -0.245. The summed E-state index contributed by atoms with van der Waals surface area (Å²) in [6.45, 7) is 9.81. The Morgan fingerprint density at radius 3 is 2.58 bits per heavy atom. The Hall–Kier alpha value is -1.13. The monoisotopic (exact) mass is 269 g/mol. The molecule has 0 heterocycles. The van der Waals surface area contributed by atoms with Crippen molar-refractivity contribution in [1.82, 2.24) is 5.32 Å². The molecule has 0 bridgehead atoms. The summed E-state index contributed by atoms with van der Waals surface area (Å²) in [6.07, 6.45) is 0.192. The number of hydrogen-bond donors (Lipinski definition) is 1. The van der Waals surface area contributed by atoms with E-state index in [1.807, 2.05) is 27.7 Å². The fraction of sp³-hybridized carbons (Fsp3) is 0.600. The Morgan fingerprint density at radius 1 is 1.21 bits per heavy atom. The molecule has 0 amide bonds. The molecule has 0 aliphatic rings. The molecule has 108 valence electrons. The molecule has 0 saturated heterocycles. The maximum absolute atomic E-state index is 13.3. The number of nitrogens with one attached hydrogen (secondary N) is 1. The zero-order chi connectivity index (χ0) is 14.3. The van der Waals surface area contributed by atoms with E-state index in [1.165, 1.54) is 12.1 Å². The standard InChI is InChI=1S/C15H24FNO2/c1-5-17-12(4)14-10-13(16)6-7-15(14)19-9-8-18-11(2)3/h6-7,10-12,17H,5,8-9H2,1-4H3. The minimum Gasteiger partial charge on any atom is -0.491 e. The highest BCUT2D eigenvalue weighted by atomic mass is 19.1. The fourth-order valence-electron chi connectivity index (χ4n) is 1.84. The molecule has 1 unspecified atom stereocenters. The molecule has 0 saturated carbocycles. The highest BCUT2D eigenvalue weighted by Crippen LogP contribution is 2.26. The predicted molar refractivity (Wildman–Crippen MR) is 75.1 cm³/mol. The molecule has 0 spiro atoms. The van der Waals surface area contributed by atoms with Gasteiger partial charge in [0.05, 0.1) is 12.7 Å². The quantitative estimate of drug-likeness (QED) is 0.735. The number of halogens is 1. The van der Waals surface area contributed by atoms with Gasteiger partial charge >= 0.3 is 0 Å². The molecule has 0 aromatic heterocycles. The Balaban J connectivity index is 2.65. The summed E-state index contributed by atoms with van der Waals surface area (Å²) in [4.78, 5) is 0. The van der Waals surface area contributed by atoms with Gasteiger partial charge in [-0.05, 0) is 45.5 Å². The molecular formula is C15H24FNO2. The Morgan fingerprint density at radius 2 is 1.95 bits per heavy atom. The van der Waals surface area contributed by atoms with Crippen molar-refractivity contribution in [3.8, 4) is 5.75 Å². The molecule has 0 aliphatic carbocycles. The molecule has 1 rings (SSSR count). The zero-order valence-corrected chi connectivity index (χ0v) is 12.2. The smallest absolute Gasteiger partial charge is 0.124 e. The van der Waals surface area contributed by atoms with Crippen LogP contribution in [0.1, 0.15) is 39.3 Å². The maximum atomic E-state index is 13.3. The Bertz CT molecular complexity index is 382. The molecule has 0 radical (unpaired) electrons. The molecule has 1 aromatic rings. The second-order valence-corrected chi connectivity index (χ2v) is 4.73. The van der Waals surface area contributed by atoms with E-state index in [0.29, 0.717) is 19.0 Å². The topological polar surface area (TPSA) is 30.5 Å². The lowest BCUT2D eigenvalue weighted by atomic mass is 10.1. The Kier molecular flexibility index (Phi) is 6.81. The predicted octanol–water partition coefficient (Wildman–Crippen LogP) is 3.30. The molecule has 0 fully saturated rings. The van der Waals surface area contributed by atoms with Gasteiger partial charge in [0.1, 0.15) is 18.2 Å². The lowest BCUT2D eigenvalue weighted by Gasteiger charge is -2.18. The maximum Gasteiger partial charge on any atom is 0.124 e. The number of hydrogen-bond acceptors (Lipinski definition) is 3. The summed E-state index contributed by atoms with van der Waals surface area (Å²) in [6, 6.07) is 4.67. The lowest BCUT2D eigenvalue weighted by molar-refractivity contribution is 0.0549. The SMILES string of the molecule is CCNC(C)c1cc(F)ccc1OCCOC(C)C. The summed E-state index contributed by atoms with van der Waals surface area (Å²) < 4.78 is 24.4. The summed E-state index contributed by atoms with van der Waals surface area (Å²) in [5.74, 6) is 0.465. The first-order valence-electron chi connectivity index (χ1n) is 6.81. The highest BCUT2D eigenvalue weighted by molar-refractivity contribution is 5.36. The van der Waals surface area contributed by atoms with E-state index in [9.17, 15) is 4.39 Å².